The zero-order valence-corrected chi connectivity index (χ0v) is 21.0. The first-order valence-corrected chi connectivity index (χ1v) is 12.7. The second kappa shape index (κ2) is 9.96. The number of halogens is 2. The van der Waals surface area contributed by atoms with Crippen molar-refractivity contribution >= 4 is 18.3 Å². The highest BCUT2D eigenvalue weighted by Gasteiger charge is 2.50. The number of aromatic nitrogens is 2. The second-order valence-electron chi connectivity index (χ2n) is 10.1. The van der Waals surface area contributed by atoms with Crippen molar-refractivity contribution in [2.45, 2.75) is 56.8 Å². The van der Waals surface area contributed by atoms with E-state index in [9.17, 15) is 14.3 Å². The molecule has 1 saturated carbocycles. The molecule has 3 heterocycles. The lowest BCUT2D eigenvalue weighted by Gasteiger charge is -2.52. The van der Waals surface area contributed by atoms with Gasteiger partial charge in [0.05, 0.1) is 17.0 Å². The van der Waals surface area contributed by atoms with Gasteiger partial charge in [0.15, 0.2) is 5.82 Å². The fourth-order valence-electron chi connectivity index (χ4n) is 6.46. The molecule has 1 saturated heterocycles. The number of nitrogens with zero attached hydrogens (tertiary/aromatic N) is 3. The molecular weight excluding hydrogens is 479 g/mol. The number of hydrogen-bond donors (Lipinski definition) is 2. The molecule has 2 aromatic carbocycles. The van der Waals surface area contributed by atoms with Crippen molar-refractivity contribution in [3.05, 3.63) is 77.5 Å². The summed E-state index contributed by atoms with van der Waals surface area (Å²) in [5.41, 5.74) is 2.54. The Hall–Kier alpha value is -2.74. The molecule has 3 atom stereocenters. The number of rotatable bonds is 3. The number of benzene rings is 2. The minimum Gasteiger partial charge on any atom is -0.385 e. The molecule has 1 amide bonds. The van der Waals surface area contributed by atoms with Gasteiger partial charge in [-0.15, -0.1) is 12.4 Å². The molecule has 1 aromatic heterocycles. The molecule has 2 aliphatic heterocycles. The van der Waals surface area contributed by atoms with Gasteiger partial charge in [-0.1, -0.05) is 43.2 Å². The van der Waals surface area contributed by atoms with Gasteiger partial charge in [0.25, 0.3) is 5.91 Å². The molecule has 6 nitrogen and oxygen atoms in total. The van der Waals surface area contributed by atoms with Gasteiger partial charge in [0.1, 0.15) is 5.82 Å². The van der Waals surface area contributed by atoms with Crippen LogP contribution in [0.3, 0.4) is 0 Å². The molecule has 3 aromatic rings. The third-order valence-corrected chi connectivity index (χ3v) is 8.20. The van der Waals surface area contributed by atoms with E-state index < -0.39 is 5.60 Å². The third kappa shape index (κ3) is 4.13. The molecule has 2 fully saturated rings. The molecule has 1 aliphatic carbocycles. The Morgan fingerprint density at radius 1 is 1.06 bits per heavy atom. The Morgan fingerprint density at radius 2 is 1.81 bits per heavy atom. The smallest absolute Gasteiger partial charge is 0.290 e. The summed E-state index contributed by atoms with van der Waals surface area (Å²) in [6, 6.07) is 16.2. The van der Waals surface area contributed by atoms with Gasteiger partial charge in [0, 0.05) is 43.7 Å². The van der Waals surface area contributed by atoms with Crippen molar-refractivity contribution in [3.8, 4) is 11.3 Å². The van der Waals surface area contributed by atoms with Crippen LogP contribution < -0.4 is 5.32 Å². The highest BCUT2D eigenvalue weighted by atomic mass is 35.5. The topological polar surface area (TPSA) is 70.4 Å². The Kier molecular flexibility index (Phi) is 6.90. The molecule has 8 heteroatoms. The van der Waals surface area contributed by atoms with Gasteiger partial charge < -0.3 is 19.9 Å². The van der Waals surface area contributed by atoms with Crippen LogP contribution in [-0.2, 0) is 18.7 Å². The Labute approximate surface area is 216 Å². The Balaban J connectivity index is 0.00000267. The van der Waals surface area contributed by atoms with Crippen LogP contribution in [0.2, 0.25) is 0 Å². The lowest BCUT2D eigenvalue weighted by Crippen LogP contribution is -2.59. The standard InChI is InChI=1S/C28H31FN4O2.ClH/c29-21-12-10-19(11-13-21)25-24-18-30-15-17-32(24)26(31-25)27(34)33-16-14-28(35,20-6-2-1-3-7-20)22-8-4-5-9-23(22)33;/h1-3,6-7,10-13,22-23,30,35H,4-5,8-9,14-18H2;1H/t22-,23+,28?;/m0./s1. The molecule has 190 valence electrons. The number of carbonyl (C=O) groups is 1. The van der Waals surface area contributed by atoms with E-state index in [0.717, 1.165) is 54.7 Å². The van der Waals surface area contributed by atoms with Crippen LogP contribution in [0, 0.1) is 11.7 Å². The van der Waals surface area contributed by atoms with Gasteiger partial charge in [-0.05, 0) is 49.1 Å². The zero-order chi connectivity index (χ0) is 24.0. The molecule has 1 unspecified atom stereocenters. The molecule has 6 rings (SSSR count). The number of likely N-dealkylation sites (tertiary alicyclic amines) is 1. The summed E-state index contributed by atoms with van der Waals surface area (Å²) in [5.74, 6) is 0.105. The van der Waals surface area contributed by atoms with Gasteiger partial charge >= 0.3 is 0 Å². The van der Waals surface area contributed by atoms with Crippen molar-refractivity contribution in [2.75, 3.05) is 13.1 Å². The van der Waals surface area contributed by atoms with E-state index >= 15 is 0 Å². The number of aliphatic hydroxyl groups is 1. The molecule has 2 N–H and O–H groups in total. The highest BCUT2D eigenvalue weighted by Crippen LogP contribution is 2.47. The van der Waals surface area contributed by atoms with E-state index in [1.807, 2.05) is 39.8 Å². The molecule has 3 aliphatic rings. The largest absolute Gasteiger partial charge is 0.385 e. The van der Waals surface area contributed by atoms with Crippen molar-refractivity contribution in [3.63, 3.8) is 0 Å². The number of nitrogens with one attached hydrogen (secondary N) is 1. The van der Waals surface area contributed by atoms with Crippen molar-refractivity contribution in [2.24, 2.45) is 5.92 Å². The summed E-state index contributed by atoms with van der Waals surface area (Å²) < 4.78 is 15.6. The van der Waals surface area contributed by atoms with Crippen molar-refractivity contribution in [1.82, 2.24) is 19.8 Å². The predicted molar refractivity (Wildman–Crippen MR) is 138 cm³/mol. The summed E-state index contributed by atoms with van der Waals surface area (Å²) in [4.78, 5) is 20.9. The van der Waals surface area contributed by atoms with Gasteiger partial charge in [-0.25, -0.2) is 9.37 Å². The SMILES string of the molecule is Cl.O=C(c1nc(-c2ccc(F)cc2)c2n1CCNC2)N1CCC(O)(c2ccccc2)[C@H]2CCCC[C@H]21. The van der Waals surface area contributed by atoms with Gasteiger partial charge in [0.2, 0.25) is 0 Å². The van der Waals surface area contributed by atoms with Crippen LogP contribution in [0.4, 0.5) is 4.39 Å². The average molecular weight is 511 g/mol. The number of hydrogen-bond acceptors (Lipinski definition) is 4. The average Bonchev–Trinajstić information content (AvgIpc) is 3.29. The molecule has 0 bridgehead atoms. The maximum atomic E-state index is 14.1. The van der Waals surface area contributed by atoms with E-state index in [-0.39, 0.29) is 36.1 Å². The van der Waals surface area contributed by atoms with Crippen LogP contribution in [0.15, 0.2) is 54.6 Å². The summed E-state index contributed by atoms with van der Waals surface area (Å²) in [6.07, 6.45) is 4.44. The van der Waals surface area contributed by atoms with Crippen molar-refractivity contribution < 1.29 is 14.3 Å². The normalized spacial score (nSPS) is 25.4. The number of piperidine rings is 1. The summed E-state index contributed by atoms with van der Waals surface area (Å²) in [7, 11) is 0. The van der Waals surface area contributed by atoms with Crippen LogP contribution in [0.25, 0.3) is 11.3 Å². The summed E-state index contributed by atoms with van der Waals surface area (Å²) in [6.45, 7) is 2.55. The minimum atomic E-state index is -0.918. The number of imidazole rings is 1. The number of amides is 1. The monoisotopic (exact) mass is 510 g/mol. The third-order valence-electron chi connectivity index (χ3n) is 8.20. The molecule has 0 spiro atoms. The predicted octanol–water partition coefficient (Wildman–Crippen LogP) is 4.51. The molecular formula is C28H32ClFN4O2. The lowest BCUT2D eigenvalue weighted by atomic mass is 9.66. The summed E-state index contributed by atoms with van der Waals surface area (Å²) >= 11 is 0. The first-order chi connectivity index (χ1) is 17.1. The first kappa shape index (κ1) is 24.9. The quantitative estimate of drug-likeness (QED) is 0.544. The van der Waals surface area contributed by atoms with Crippen molar-refractivity contribution in [1.29, 1.82) is 0 Å². The van der Waals surface area contributed by atoms with E-state index in [2.05, 4.69) is 5.32 Å². The number of fused-ring (bicyclic) bond motifs is 2. The second-order valence-corrected chi connectivity index (χ2v) is 10.1. The minimum absolute atomic E-state index is 0. The van der Waals surface area contributed by atoms with Crippen LogP contribution in [0.5, 0.6) is 0 Å². The van der Waals surface area contributed by atoms with Crippen LogP contribution in [0.1, 0.15) is 54.0 Å². The highest BCUT2D eigenvalue weighted by molar-refractivity contribution is 5.92. The lowest BCUT2D eigenvalue weighted by molar-refractivity contribution is -0.110. The van der Waals surface area contributed by atoms with Crippen LogP contribution in [-0.4, -0.2) is 44.6 Å². The van der Waals surface area contributed by atoms with Crippen LogP contribution >= 0.6 is 12.4 Å². The Bertz CT molecular complexity index is 1230. The first-order valence-electron chi connectivity index (χ1n) is 12.7. The molecule has 36 heavy (non-hydrogen) atoms. The summed E-state index contributed by atoms with van der Waals surface area (Å²) in [5, 5.41) is 15.3. The van der Waals surface area contributed by atoms with Gasteiger partial charge in [-0.3, -0.25) is 4.79 Å². The fraction of sp³-hybridized carbons (Fsp3) is 0.429. The van der Waals surface area contributed by atoms with E-state index in [1.165, 1.54) is 12.1 Å². The number of carbonyl (C=O) groups excluding carboxylic acids is 1. The van der Waals surface area contributed by atoms with Gasteiger partial charge in [-0.2, -0.15) is 0 Å². The van der Waals surface area contributed by atoms with E-state index in [1.54, 1.807) is 12.1 Å². The Morgan fingerprint density at radius 3 is 2.58 bits per heavy atom. The van der Waals surface area contributed by atoms with E-state index in [4.69, 9.17) is 4.98 Å². The maximum Gasteiger partial charge on any atom is 0.290 e. The molecule has 0 radical (unpaired) electrons. The maximum absolute atomic E-state index is 14.1. The van der Waals surface area contributed by atoms with E-state index in [0.29, 0.717) is 31.9 Å². The zero-order valence-electron chi connectivity index (χ0n) is 20.2. The fourth-order valence-corrected chi connectivity index (χ4v) is 6.46.